The molecule has 0 saturated carbocycles. The number of benzene rings is 2. The second-order valence-corrected chi connectivity index (χ2v) is 9.27. The number of imide groups is 1. The third-order valence-corrected chi connectivity index (χ3v) is 4.02. The molecule has 0 aromatic heterocycles. The van der Waals surface area contributed by atoms with Gasteiger partial charge in [-0.25, -0.2) is 9.59 Å². The fraction of sp³-hybridized carbons (Fsp3) is 0.364. The lowest BCUT2D eigenvalue weighted by Crippen LogP contribution is -2.44. The van der Waals surface area contributed by atoms with Crippen molar-refractivity contribution in [3.63, 3.8) is 0 Å². The van der Waals surface area contributed by atoms with Gasteiger partial charge in [-0.2, -0.15) is 4.90 Å². The molecule has 0 fully saturated rings. The maximum Gasteiger partial charge on any atom is 0.424 e. The van der Waals surface area contributed by atoms with E-state index in [9.17, 15) is 19.7 Å². The van der Waals surface area contributed by atoms with Gasteiger partial charge in [0, 0.05) is 11.8 Å². The van der Waals surface area contributed by atoms with Gasteiger partial charge < -0.3 is 14.8 Å². The van der Waals surface area contributed by atoms with E-state index in [-0.39, 0.29) is 22.1 Å². The average molecular weight is 464 g/mol. The van der Waals surface area contributed by atoms with Crippen LogP contribution >= 0.6 is 11.6 Å². The quantitative estimate of drug-likeness (QED) is 0.398. The van der Waals surface area contributed by atoms with Crippen molar-refractivity contribution in [2.45, 2.75) is 52.7 Å². The molecule has 0 atom stereocenters. The molecule has 0 radical (unpaired) electrons. The summed E-state index contributed by atoms with van der Waals surface area (Å²) in [5.41, 5.74) is -1.12. The molecular weight excluding hydrogens is 438 g/mol. The van der Waals surface area contributed by atoms with Gasteiger partial charge in [0.25, 0.3) is 5.69 Å². The first-order valence-electron chi connectivity index (χ1n) is 9.74. The van der Waals surface area contributed by atoms with Crippen LogP contribution < -0.4 is 10.2 Å². The Morgan fingerprint density at radius 3 is 1.97 bits per heavy atom. The van der Waals surface area contributed by atoms with E-state index in [4.69, 9.17) is 21.1 Å². The van der Waals surface area contributed by atoms with Crippen LogP contribution in [0.3, 0.4) is 0 Å². The van der Waals surface area contributed by atoms with Gasteiger partial charge in [-0.3, -0.25) is 10.1 Å². The third kappa shape index (κ3) is 6.84. The number of rotatable bonds is 4. The second kappa shape index (κ2) is 9.44. The number of nitrogens with zero attached hydrogens (tertiary/aromatic N) is 2. The van der Waals surface area contributed by atoms with E-state index in [0.29, 0.717) is 10.6 Å². The Labute approximate surface area is 191 Å². The molecule has 0 aliphatic heterocycles. The number of carbonyl (C=O) groups excluding carboxylic acids is 2. The molecule has 2 aromatic carbocycles. The third-order valence-electron chi connectivity index (χ3n) is 3.72. The zero-order valence-corrected chi connectivity index (χ0v) is 19.5. The summed E-state index contributed by atoms with van der Waals surface area (Å²) >= 11 is 6.39. The fourth-order valence-corrected chi connectivity index (χ4v) is 2.81. The van der Waals surface area contributed by atoms with Gasteiger partial charge >= 0.3 is 12.2 Å². The Morgan fingerprint density at radius 2 is 1.50 bits per heavy atom. The minimum atomic E-state index is -0.951. The van der Waals surface area contributed by atoms with Crippen molar-refractivity contribution >= 4 is 46.5 Å². The van der Waals surface area contributed by atoms with Crippen molar-refractivity contribution in [2.24, 2.45) is 0 Å². The molecule has 0 bridgehead atoms. The van der Waals surface area contributed by atoms with Crippen LogP contribution in [0.5, 0.6) is 0 Å². The highest BCUT2D eigenvalue weighted by atomic mass is 35.5. The predicted octanol–water partition coefficient (Wildman–Crippen LogP) is 6.67. The number of carbonyl (C=O) groups is 2. The van der Waals surface area contributed by atoms with Crippen molar-refractivity contribution in [1.82, 2.24) is 0 Å². The van der Waals surface area contributed by atoms with Gasteiger partial charge in [-0.1, -0.05) is 23.7 Å². The highest BCUT2D eigenvalue weighted by molar-refractivity contribution is 6.35. The summed E-state index contributed by atoms with van der Waals surface area (Å²) in [7, 11) is 0. The smallest absolute Gasteiger partial charge is 0.424 e. The van der Waals surface area contributed by atoms with Gasteiger partial charge in [-0.05, 0) is 65.8 Å². The predicted molar refractivity (Wildman–Crippen MR) is 123 cm³/mol. The summed E-state index contributed by atoms with van der Waals surface area (Å²) < 4.78 is 10.7. The zero-order valence-electron chi connectivity index (χ0n) is 18.8. The Bertz CT molecular complexity index is 999. The monoisotopic (exact) mass is 463 g/mol. The number of nitro groups is 1. The summed E-state index contributed by atoms with van der Waals surface area (Å²) in [6, 6.07) is 10.5. The number of amides is 2. The molecule has 0 aliphatic rings. The molecule has 0 saturated heterocycles. The second-order valence-electron chi connectivity index (χ2n) is 8.86. The zero-order chi connectivity index (χ0) is 24.3. The lowest BCUT2D eigenvalue weighted by molar-refractivity contribution is -0.383. The number of hydrogen-bond acceptors (Lipinski definition) is 7. The van der Waals surface area contributed by atoms with Gasteiger partial charge in [0.05, 0.1) is 15.6 Å². The first-order chi connectivity index (χ1) is 14.7. The molecule has 2 amide bonds. The van der Waals surface area contributed by atoms with E-state index in [2.05, 4.69) is 5.32 Å². The first kappa shape index (κ1) is 24.9. The number of hydrogen-bond donors (Lipinski definition) is 1. The summed E-state index contributed by atoms with van der Waals surface area (Å²) in [6.07, 6.45) is -1.90. The normalized spacial score (nSPS) is 11.5. The molecule has 1 N–H and O–H groups in total. The lowest BCUT2D eigenvalue weighted by Gasteiger charge is -2.29. The van der Waals surface area contributed by atoms with Crippen LogP contribution in [0.1, 0.15) is 41.5 Å². The van der Waals surface area contributed by atoms with Crippen LogP contribution in [0.4, 0.5) is 32.3 Å². The molecule has 32 heavy (non-hydrogen) atoms. The van der Waals surface area contributed by atoms with Crippen molar-refractivity contribution in [3.8, 4) is 0 Å². The molecule has 2 rings (SSSR count). The van der Waals surface area contributed by atoms with Crippen LogP contribution in [-0.4, -0.2) is 28.3 Å². The maximum atomic E-state index is 12.8. The number of para-hydroxylation sites is 2. The molecule has 172 valence electrons. The molecular formula is C22H26ClN3O6. The average Bonchev–Trinajstić information content (AvgIpc) is 2.61. The highest BCUT2D eigenvalue weighted by Crippen LogP contribution is 2.34. The van der Waals surface area contributed by atoms with E-state index in [1.807, 2.05) is 0 Å². The van der Waals surface area contributed by atoms with Crippen molar-refractivity contribution in [1.29, 1.82) is 0 Å². The van der Waals surface area contributed by atoms with Crippen LogP contribution in [0.15, 0.2) is 42.5 Å². The SMILES string of the molecule is CC(C)(C)OC(=O)N(C(=O)OC(C)(C)C)c1ccc(Nc2ccccc2[N+](=O)[O-])cc1Cl. The van der Waals surface area contributed by atoms with Gasteiger partial charge in [0.1, 0.15) is 16.9 Å². The highest BCUT2D eigenvalue weighted by Gasteiger charge is 2.34. The molecule has 0 heterocycles. The molecule has 0 aliphatic carbocycles. The number of ether oxygens (including phenoxy) is 2. The Hall–Kier alpha value is -3.33. The van der Waals surface area contributed by atoms with E-state index in [1.165, 1.54) is 24.3 Å². The number of halogens is 1. The largest absolute Gasteiger partial charge is 0.443 e. The van der Waals surface area contributed by atoms with Crippen molar-refractivity contribution < 1.29 is 24.0 Å². The van der Waals surface area contributed by atoms with E-state index in [0.717, 1.165) is 0 Å². The summed E-state index contributed by atoms with van der Waals surface area (Å²) in [6.45, 7) is 10.00. The van der Waals surface area contributed by atoms with Crippen molar-refractivity contribution in [3.05, 3.63) is 57.6 Å². The summed E-state index contributed by atoms with van der Waals surface area (Å²) in [4.78, 5) is 37.0. The van der Waals surface area contributed by atoms with Crippen LogP contribution in [0, 0.1) is 10.1 Å². The molecule has 2 aromatic rings. The van der Waals surface area contributed by atoms with Gasteiger partial charge in [0.15, 0.2) is 0 Å². The van der Waals surface area contributed by atoms with Gasteiger partial charge in [-0.15, -0.1) is 0 Å². The molecule has 0 unspecified atom stereocenters. The number of anilines is 3. The van der Waals surface area contributed by atoms with Crippen LogP contribution in [0.25, 0.3) is 0 Å². The van der Waals surface area contributed by atoms with Gasteiger partial charge in [0.2, 0.25) is 0 Å². The van der Waals surface area contributed by atoms with Crippen molar-refractivity contribution in [2.75, 3.05) is 10.2 Å². The van der Waals surface area contributed by atoms with Crippen LogP contribution in [-0.2, 0) is 9.47 Å². The molecule has 9 nitrogen and oxygen atoms in total. The van der Waals surface area contributed by atoms with E-state index >= 15 is 0 Å². The Balaban J connectivity index is 2.42. The minimum absolute atomic E-state index is 0.0327. The molecule has 0 spiro atoms. The maximum absolute atomic E-state index is 12.8. The summed E-state index contributed by atoms with van der Waals surface area (Å²) in [5.74, 6) is 0. The number of nitrogens with one attached hydrogen (secondary N) is 1. The number of nitro benzene ring substituents is 1. The standard InChI is InChI=1S/C22H26ClN3O6/c1-21(2,3)31-19(27)25(20(28)32-22(4,5)6)17-12-11-14(13-15(17)23)24-16-9-7-8-10-18(16)26(29)30/h7-13,24H,1-6H3. The first-order valence-corrected chi connectivity index (χ1v) is 10.1. The topological polar surface area (TPSA) is 111 Å². The molecule has 10 heteroatoms. The Morgan fingerprint density at radius 1 is 0.969 bits per heavy atom. The minimum Gasteiger partial charge on any atom is -0.443 e. The lowest BCUT2D eigenvalue weighted by atomic mass is 10.2. The van der Waals surface area contributed by atoms with Crippen LogP contribution in [0.2, 0.25) is 5.02 Å². The van der Waals surface area contributed by atoms with E-state index in [1.54, 1.807) is 59.7 Å². The summed E-state index contributed by atoms with van der Waals surface area (Å²) in [5, 5.41) is 14.2. The van der Waals surface area contributed by atoms with E-state index < -0.39 is 28.3 Å². The Kier molecular flexibility index (Phi) is 7.35. The fourth-order valence-electron chi connectivity index (χ4n) is 2.55.